The molecule has 6 heteroatoms. The van der Waals surface area contributed by atoms with Crippen molar-refractivity contribution in [1.29, 1.82) is 0 Å². The van der Waals surface area contributed by atoms with Crippen LogP contribution in [0.2, 0.25) is 0 Å². The fourth-order valence-corrected chi connectivity index (χ4v) is 2.11. The number of aromatic nitrogens is 3. The standard InChI is InChI=1S/C16H24N4O2/c1-11(2)8-10-22-13(4)16(21)17-12(3)15-19-18-14-7-5-6-9-20(14)15/h5-7,9,11-13H,8,10H2,1-4H3,(H,17,21)/t12-,13-/m0/s1. The lowest BCUT2D eigenvalue weighted by molar-refractivity contribution is -0.132. The van der Waals surface area contributed by atoms with Crippen molar-refractivity contribution in [3.63, 3.8) is 0 Å². The van der Waals surface area contributed by atoms with Gasteiger partial charge in [0.15, 0.2) is 11.5 Å². The summed E-state index contributed by atoms with van der Waals surface area (Å²) in [5, 5.41) is 11.2. The molecule has 2 aromatic rings. The zero-order valence-electron chi connectivity index (χ0n) is 13.6. The van der Waals surface area contributed by atoms with E-state index in [4.69, 9.17) is 4.74 Å². The van der Waals surface area contributed by atoms with Crippen LogP contribution in [-0.4, -0.2) is 33.2 Å². The zero-order chi connectivity index (χ0) is 16.1. The first-order valence-corrected chi connectivity index (χ1v) is 7.70. The van der Waals surface area contributed by atoms with Gasteiger partial charge in [-0.3, -0.25) is 9.20 Å². The van der Waals surface area contributed by atoms with Gasteiger partial charge in [0.25, 0.3) is 0 Å². The molecule has 1 amide bonds. The van der Waals surface area contributed by atoms with Gasteiger partial charge < -0.3 is 10.1 Å². The molecule has 2 heterocycles. The molecular formula is C16H24N4O2. The monoisotopic (exact) mass is 304 g/mol. The summed E-state index contributed by atoms with van der Waals surface area (Å²) < 4.78 is 7.44. The predicted molar refractivity (Wildman–Crippen MR) is 84.4 cm³/mol. The largest absolute Gasteiger partial charge is 0.369 e. The van der Waals surface area contributed by atoms with Gasteiger partial charge in [0.2, 0.25) is 5.91 Å². The molecule has 2 aromatic heterocycles. The molecule has 0 aliphatic heterocycles. The summed E-state index contributed by atoms with van der Waals surface area (Å²) >= 11 is 0. The minimum absolute atomic E-state index is 0.135. The molecule has 0 saturated carbocycles. The van der Waals surface area contributed by atoms with Gasteiger partial charge in [-0.15, -0.1) is 10.2 Å². The Morgan fingerprint density at radius 1 is 1.27 bits per heavy atom. The second kappa shape index (κ2) is 7.35. The molecule has 0 spiro atoms. The minimum atomic E-state index is -0.472. The highest BCUT2D eigenvalue weighted by atomic mass is 16.5. The van der Waals surface area contributed by atoms with Crippen LogP contribution in [0.15, 0.2) is 24.4 Å². The number of carbonyl (C=O) groups excluding carboxylic acids is 1. The van der Waals surface area contributed by atoms with Gasteiger partial charge >= 0.3 is 0 Å². The molecule has 0 aliphatic carbocycles. The van der Waals surface area contributed by atoms with Gasteiger partial charge in [-0.1, -0.05) is 19.9 Å². The predicted octanol–water partition coefficient (Wildman–Crippen LogP) is 2.36. The Balaban J connectivity index is 1.93. The van der Waals surface area contributed by atoms with E-state index in [2.05, 4.69) is 29.4 Å². The van der Waals surface area contributed by atoms with E-state index in [0.29, 0.717) is 18.3 Å². The summed E-state index contributed by atoms with van der Waals surface area (Å²) in [4.78, 5) is 12.2. The third-order valence-electron chi connectivity index (χ3n) is 3.52. The summed E-state index contributed by atoms with van der Waals surface area (Å²) in [6.07, 6.45) is 2.36. The number of carbonyl (C=O) groups is 1. The highest BCUT2D eigenvalue weighted by molar-refractivity contribution is 5.80. The summed E-state index contributed by atoms with van der Waals surface area (Å²) in [6, 6.07) is 5.46. The van der Waals surface area contributed by atoms with Crippen molar-refractivity contribution >= 4 is 11.6 Å². The third kappa shape index (κ3) is 4.04. The quantitative estimate of drug-likeness (QED) is 0.852. The Bertz CT molecular complexity index is 623. The molecule has 0 bridgehead atoms. The van der Waals surface area contributed by atoms with Gasteiger partial charge in [-0.05, 0) is 38.3 Å². The van der Waals surface area contributed by atoms with Crippen molar-refractivity contribution in [3.8, 4) is 0 Å². The molecule has 0 radical (unpaired) electrons. The lowest BCUT2D eigenvalue weighted by atomic mass is 10.1. The van der Waals surface area contributed by atoms with Crippen LogP contribution in [0, 0.1) is 5.92 Å². The van der Waals surface area contributed by atoms with Crippen LogP contribution in [0.5, 0.6) is 0 Å². The first-order valence-electron chi connectivity index (χ1n) is 7.70. The number of rotatable bonds is 7. The summed E-state index contributed by atoms with van der Waals surface area (Å²) in [5.74, 6) is 1.14. The molecule has 22 heavy (non-hydrogen) atoms. The molecule has 2 rings (SSSR count). The number of amides is 1. The maximum Gasteiger partial charge on any atom is 0.249 e. The molecule has 0 unspecified atom stereocenters. The molecule has 0 fully saturated rings. The normalized spacial score (nSPS) is 14.2. The van der Waals surface area contributed by atoms with Gasteiger partial charge in [0, 0.05) is 12.8 Å². The number of fused-ring (bicyclic) bond motifs is 1. The van der Waals surface area contributed by atoms with Crippen LogP contribution in [-0.2, 0) is 9.53 Å². The lowest BCUT2D eigenvalue weighted by Crippen LogP contribution is -2.37. The SMILES string of the molecule is CC(C)CCO[C@@H](C)C(=O)N[C@@H](C)c1nnc2ccccn12. The summed E-state index contributed by atoms with van der Waals surface area (Å²) in [5.41, 5.74) is 0.764. The van der Waals surface area contributed by atoms with E-state index in [-0.39, 0.29) is 11.9 Å². The highest BCUT2D eigenvalue weighted by Crippen LogP contribution is 2.12. The number of pyridine rings is 1. The second-order valence-electron chi connectivity index (χ2n) is 5.91. The van der Waals surface area contributed by atoms with E-state index in [1.807, 2.05) is 35.7 Å². The van der Waals surface area contributed by atoms with Crippen molar-refractivity contribution in [2.45, 2.75) is 46.3 Å². The van der Waals surface area contributed by atoms with Crippen LogP contribution < -0.4 is 5.32 Å². The molecule has 2 atom stereocenters. The van der Waals surface area contributed by atoms with Crippen molar-refractivity contribution in [2.75, 3.05) is 6.61 Å². The Kier molecular flexibility index (Phi) is 5.49. The van der Waals surface area contributed by atoms with Crippen molar-refractivity contribution in [3.05, 3.63) is 30.2 Å². The maximum atomic E-state index is 12.2. The molecular weight excluding hydrogens is 280 g/mol. The minimum Gasteiger partial charge on any atom is -0.369 e. The van der Waals surface area contributed by atoms with E-state index in [9.17, 15) is 4.79 Å². The Morgan fingerprint density at radius 3 is 2.77 bits per heavy atom. The molecule has 0 aliphatic rings. The zero-order valence-corrected chi connectivity index (χ0v) is 13.6. The van der Waals surface area contributed by atoms with E-state index in [1.165, 1.54) is 0 Å². The molecule has 0 aromatic carbocycles. The van der Waals surface area contributed by atoms with Crippen molar-refractivity contribution in [1.82, 2.24) is 19.9 Å². The van der Waals surface area contributed by atoms with Gasteiger partial charge in [-0.25, -0.2) is 0 Å². The first kappa shape index (κ1) is 16.4. The van der Waals surface area contributed by atoms with E-state index < -0.39 is 6.10 Å². The lowest BCUT2D eigenvalue weighted by Gasteiger charge is -2.17. The Hall–Kier alpha value is -1.95. The number of nitrogens with one attached hydrogen (secondary N) is 1. The fourth-order valence-electron chi connectivity index (χ4n) is 2.11. The first-order chi connectivity index (χ1) is 10.5. The average molecular weight is 304 g/mol. The summed E-state index contributed by atoms with van der Waals surface area (Å²) in [7, 11) is 0. The maximum absolute atomic E-state index is 12.2. The molecule has 120 valence electrons. The third-order valence-corrected chi connectivity index (χ3v) is 3.52. The van der Waals surface area contributed by atoms with E-state index in [1.54, 1.807) is 6.92 Å². The number of nitrogens with zero attached hydrogens (tertiary/aromatic N) is 3. The van der Waals surface area contributed by atoms with Crippen molar-refractivity contribution < 1.29 is 9.53 Å². The van der Waals surface area contributed by atoms with E-state index >= 15 is 0 Å². The van der Waals surface area contributed by atoms with Gasteiger partial charge in [0.05, 0.1) is 6.04 Å². The number of hydrogen-bond acceptors (Lipinski definition) is 4. The number of ether oxygens (including phenoxy) is 1. The Morgan fingerprint density at radius 2 is 2.05 bits per heavy atom. The van der Waals surface area contributed by atoms with Crippen LogP contribution in [0.25, 0.3) is 5.65 Å². The smallest absolute Gasteiger partial charge is 0.249 e. The number of hydrogen-bond donors (Lipinski definition) is 1. The van der Waals surface area contributed by atoms with Crippen LogP contribution in [0.1, 0.15) is 46.0 Å². The van der Waals surface area contributed by atoms with Gasteiger partial charge in [-0.2, -0.15) is 0 Å². The fraction of sp³-hybridized carbons (Fsp3) is 0.562. The van der Waals surface area contributed by atoms with E-state index in [0.717, 1.165) is 12.1 Å². The molecule has 6 nitrogen and oxygen atoms in total. The average Bonchev–Trinajstić information content (AvgIpc) is 2.90. The van der Waals surface area contributed by atoms with Crippen LogP contribution in [0.4, 0.5) is 0 Å². The topological polar surface area (TPSA) is 68.5 Å². The second-order valence-corrected chi connectivity index (χ2v) is 5.91. The van der Waals surface area contributed by atoms with Crippen molar-refractivity contribution in [2.24, 2.45) is 5.92 Å². The molecule has 0 saturated heterocycles. The van der Waals surface area contributed by atoms with Gasteiger partial charge in [0.1, 0.15) is 6.10 Å². The van der Waals surface area contributed by atoms with Crippen LogP contribution in [0.3, 0.4) is 0 Å². The summed E-state index contributed by atoms with van der Waals surface area (Å²) in [6.45, 7) is 8.51. The van der Waals surface area contributed by atoms with Crippen LogP contribution >= 0.6 is 0 Å². The highest BCUT2D eigenvalue weighted by Gasteiger charge is 2.19. The Labute approximate surface area is 130 Å². The molecule has 1 N–H and O–H groups in total.